The molecule has 2 heterocycles. The zero-order valence-corrected chi connectivity index (χ0v) is 15.0. The van der Waals surface area contributed by atoms with Gasteiger partial charge in [0.2, 0.25) is 15.4 Å². The van der Waals surface area contributed by atoms with Crippen LogP contribution in [0.15, 0.2) is 4.34 Å². The minimum absolute atomic E-state index is 0.132. The fourth-order valence-electron chi connectivity index (χ4n) is 2.58. The number of sulfonamides is 1. The van der Waals surface area contributed by atoms with Crippen LogP contribution in [-0.4, -0.2) is 55.6 Å². The van der Waals surface area contributed by atoms with Crippen molar-refractivity contribution in [2.45, 2.75) is 37.4 Å². The molecule has 0 bridgehead atoms. The van der Waals surface area contributed by atoms with Crippen molar-refractivity contribution in [3.8, 4) is 0 Å². The third kappa shape index (κ3) is 5.79. The molecule has 0 unspecified atom stereocenters. The van der Waals surface area contributed by atoms with Crippen molar-refractivity contribution in [3.63, 3.8) is 0 Å². The molecular weight excluding hydrogens is 338 g/mol. The number of rotatable bonds is 7. The number of likely N-dealkylation sites (tertiary alicyclic amines) is 1. The van der Waals surface area contributed by atoms with Gasteiger partial charge in [0.1, 0.15) is 0 Å². The molecular formula is C13H23N5O3S2. The first-order valence-electron chi connectivity index (χ1n) is 7.70. The molecule has 1 fully saturated rings. The van der Waals surface area contributed by atoms with E-state index in [0.717, 1.165) is 37.4 Å². The van der Waals surface area contributed by atoms with Crippen LogP contribution >= 0.6 is 11.3 Å². The van der Waals surface area contributed by atoms with Crippen LogP contribution in [0.3, 0.4) is 0 Å². The first-order chi connectivity index (χ1) is 10.9. The van der Waals surface area contributed by atoms with Crippen molar-refractivity contribution < 1.29 is 13.2 Å². The predicted molar refractivity (Wildman–Crippen MR) is 88.9 cm³/mol. The summed E-state index contributed by atoms with van der Waals surface area (Å²) in [6.07, 6.45) is 3.24. The van der Waals surface area contributed by atoms with Gasteiger partial charge in [-0.05, 0) is 38.3 Å². The molecule has 1 atom stereocenters. The molecule has 0 saturated carbocycles. The fourth-order valence-corrected chi connectivity index (χ4v) is 4.64. The van der Waals surface area contributed by atoms with Crippen molar-refractivity contribution in [2.75, 3.05) is 31.5 Å². The van der Waals surface area contributed by atoms with E-state index in [1.807, 2.05) is 0 Å². The lowest BCUT2D eigenvalue weighted by atomic mass is 10.0. The summed E-state index contributed by atoms with van der Waals surface area (Å²) in [5, 5.41) is 9.85. The second kappa shape index (κ2) is 8.13. The molecule has 0 radical (unpaired) electrons. The molecule has 1 amide bonds. The number of nitrogens with one attached hydrogen (secondary N) is 2. The highest BCUT2D eigenvalue weighted by atomic mass is 32.2. The summed E-state index contributed by atoms with van der Waals surface area (Å²) < 4.78 is 26.6. The molecule has 2 N–H and O–H groups in total. The van der Waals surface area contributed by atoms with Crippen molar-refractivity contribution >= 4 is 32.4 Å². The standard InChI is InChI=1S/C13H23N5O3S2/c1-10-5-3-7-18(9-10)8-4-6-14-23(20,21)13-17-16-12(22-13)15-11(2)19/h10,14H,3-9H2,1-2H3,(H,15,16,19)/t10-/m1/s1. The van der Waals surface area contributed by atoms with E-state index in [2.05, 4.69) is 32.1 Å². The van der Waals surface area contributed by atoms with Gasteiger partial charge in [0.05, 0.1) is 0 Å². The number of hydrogen-bond acceptors (Lipinski definition) is 7. The third-order valence-corrected chi connectivity index (χ3v) is 6.27. The normalized spacial score (nSPS) is 19.7. The van der Waals surface area contributed by atoms with E-state index >= 15 is 0 Å². The summed E-state index contributed by atoms with van der Waals surface area (Å²) in [6.45, 7) is 7.01. The average Bonchev–Trinajstić information content (AvgIpc) is 2.92. The lowest BCUT2D eigenvalue weighted by molar-refractivity contribution is -0.114. The topological polar surface area (TPSA) is 104 Å². The Hall–Kier alpha value is -1.10. The van der Waals surface area contributed by atoms with Crippen LogP contribution in [0.2, 0.25) is 0 Å². The lowest BCUT2D eigenvalue weighted by Gasteiger charge is -2.30. The van der Waals surface area contributed by atoms with E-state index in [9.17, 15) is 13.2 Å². The molecule has 10 heteroatoms. The Kier molecular flexibility index (Phi) is 6.45. The van der Waals surface area contributed by atoms with Crippen molar-refractivity contribution in [1.29, 1.82) is 0 Å². The van der Waals surface area contributed by atoms with Crippen LogP contribution in [-0.2, 0) is 14.8 Å². The number of nitrogens with zero attached hydrogens (tertiary/aromatic N) is 3. The monoisotopic (exact) mass is 361 g/mol. The molecule has 130 valence electrons. The molecule has 8 nitrogen and oxygen atoms in total. The van der Waals surface area contributed by atoms with Gasteiger partial charge >= 0.3 is 0 Å². The number of carbonyl (C=O) groups is 1. The molecule has 0 aliphatic carbocycles. The molecule has 2 rings (SSSR count). The van der Waals surface area contributed by atoms with E-state index in [1.54, 1.807) is 0 Å². The Morgan fingerprint density at radius 2 is 2.22 bits per heavy atom. The summed E-state index contributed by atoms with van der Waals surface area (Å²) in [4.78, 5) is 13.3. The van der Waals surface area contributed by atoms with E-state index < -0.39 is 10.0 Å². The van der Waals surface area contributed by atoms with Gasteiger partial charge in [0.15, 0.2) is 0 Å². The number of anilines is 1. The molecule has 1 aromatic heterocycles. The van der Waals surface area contributed by atoms with Gasteiger partial charge < -0.3 is 10.2 Å². The zero-order valence-electron chi connectivity index (χ0n) is 13.4. The van der Waals surface area contributed by atoms with Crippen LogP contribution < -0.4 is 10.0 Å². The Balaban J connectivity index is 1.77. The Labute approximate surface area is 140 Å². The van der Waals surface area contributed by atoms with Crippen LogP contribution in [0.25, 0.3) is 0 Å². The van der Waals surface area contributed by atoms with Gasteiger partial charge in [-0.2, -0.15) is 0 Å². The third-order valence-electron chi connectivity index (χ3n) is 3.60. The lowest BCUT2D eigenvalue weighted by Crippen LogP contribution is -2.36. The second-order valence-corrected chi connectivity index (χ2v) is 8.77. The van der Waals surface area contributed by atoms with Crippen molar-refractivity contribution in [3.05, 3.63) is 0 Å². The minimum Gasteiger partial charge on any atom is -0.303 e. The van der Waals surface area contributed by atoms with Crippen LogP contribution in [0.1, 0.15) is 33.1 Å². The van der Waals surface area contributed by atoms with Gasteiger partial charge in [-0.1, -0.05) is 18.3 Å². The van der Waals surface area contributed by atoms with Crippen molar-refractivity contribution in [2.24, 2.45) is 5.92 Å². The summed E-state index contributed by atoms with van der Waals surface area (Å²) in [6, 6.07) is 0. The summed E-state index contributed by atoms with van der Waals surface area (Å²) >= 11 is 0.840. The van der Waals surface area contributed by atoms with Gasteiger partial charge in [-0.25, -0.2) is 13.1 Å². The molecule has 23 heavy (non-hydrogen) atoms. The highest BCUT2D eigenvalue weighted by molar-refractivity contribution is 7.91. The average molecular weight is 361 g/mol. The number of piperidine rings is 1. The predicted octanol–water partition coefficient (Wildman–Crippen LogP) is 0.897. The largest absolute Gasteiger partial charge is 0.303 e. The van der Waals surface area contributed by atoms with Gasteiger partial charge in [0, 0.05) is 20.0 Å². The van der Waals surface area contributed by atoms with Crippen LogP contribution in [0, 0.1) is 5.92 Å². The van der Waals surface area contributed by atoms with Crippen LogP contribution in [0.5, 0.6) is 0 Å². The van der Waals surface area contributed by atoms with Crippen molar-refractivity contribution in [1.82, 2.24) is 19.8 Å². The molecule has 1 aromatic rings. The Morgan fingerprint density at radius 1 is 1.43 bits per heavy atom. The molecule has 0 spiro atoms. The van der Waals surface area contributed by atoms with E-state index in [1.165, 1.54) is 19.8 Å². The Bertz CT molecular complexity index is 631. The molecule has 1 aliphatic rings. The Morgan fingerprint density at radius 3 is 2.91 bits per heavy atom. The maximum atomic E-state index is 12.1. The number of carbonyl (C=O) groups excluding carboxylic acids is 1. The van der Waals surface area contributed by atoms with E-state index in [4.69, 9.17) is 0 Å². The highest BCUT2D eigenvalue weighted by Gasteiger charge is 2.20. The molecule has 0 aromatic carbocycles. The van der Waals surface area contributed by atoms with E-state index in [-0.39, 0.29) is 15.4 Å². The first-order valence-corrected chi connectivity index (χ1v) is 10.00. The molecule has 1 saturated heterocycles. The fraction of sp³-hybridized carbons (Fsp3) is 0.769. The maximum Gasteiger partial charge on any atom is 0.269 e. The minimum atomic E-state index is -3.66. The zero-order chi connectivity index (χ0) is 16.9. The molecule has 1 aliphatic heterocycles. The summed E-state index contributed by atoms with van der Waals surface area (Å²) in [5.41, 5.74) is 0. The smallest absolute Gasteiger partial charge is 0.269 e. The van der Waals surface area contributed by atoms with Gasteiger partial charge in [0.25, 0.3) is 10.0 Å². The number of aromatic nitrogens is 2. The van der Waals surface area contributed by atoms with Gasteiger partial charge in [-0.3, -0.25) is 4.79 Å². The quantitative estimate of drug-likeness (QED) is 0.552. The van der Waals surface area contributed by atoms with E-state index in [0.29, 0.717) is 12.5 Å². The summed E-state index contributed by atoms with van der Waals surface area (Å²) in [5.74, 6) is 0.405. The second-order valence-electron chi connectivity index (χ2n) is 5.85. The summed E-state index contributed by atoms with van der Waals surface area (Å²) in [7, 11) is -3.66. The number of hydrogen-bond donors (Lipinski definition) is 2. The van der Waals surface area contributed by atoms with Crippen LogP contribution in [0.4, 0.5) is 5.13 Å². The first kappa shape index (κ1) is 18.2. The van der Waals surface area contributed by atoms with Gasteiger partial charge in [-0.15, -0.1) is 10.2 Å². The number of amides is 1. The SMILES string of the molecule is CC(=O)Nc1nnc(S(=O)(=O)NCCCN2CCC[C@@H](C)C2)s1. The highest BCUT2D eigenvalue weighted by Crippen LogP contribution is 2.19. The maximum absolute atomic E-state index is 12.1.